The third-order valence-electron chi connectivity index (χ3n) is 3.30. The standard InChI is InChI=1S/C10H31N5Si2/c1-11(2)16(12(3)4)17(13(5)6,14(7)8)15(9)10/h16H,1-10H3. The Labute approximate surface area is 110 Å². The SMILES string of the molecule is CN(C)[SiH](N(C)C)[Si](N(C)C)(N(C)C)N(C)C. The van der Waals surface area contributed by atoms with Gasteiger partial charge in [-0.05, 0) is 70.5 Å². The minimum absolute atomic E-state index is 1.22. The maximum absolute atomic E-state index is 2.46. The molecule has 104 valence electrons. The van der Waals surface area contributed by atoms with Crippen molar-refractivity contribution in [1.29, 1.82) is 0 Å². The van der Waals surface area contributed by atoms with Crippen LogP contribution in [0.3, 0.4) is 0 Å². The van der Waals surface area contributed by atoms with Crippen LogP contribution in [0.15, 0.2) is 0 Å². The van der Waals surface area contributed by atoms with Crippen molar-refractivity contribution in [3.05, 3.63) is 0 Å². The molecule has 0 spiro atoms. The van der Waals surface area contributed by atoms with Gasteiger partial charge in [0.05, 0.1) is 0 Å². The molecular formula is C10H31N5Si2. The van der Waals surface area contributed by atoms with Crippen LogP contribution in [-0.4, -0.2) is 110 Å². The summed E-state index contributed by atoms with van der Waals surface area (Å²) in [6, 6.07) is 0. The lowest BCUT2D eigenvalue weighted by Gasteiger charge is -2.53. The lowest BCUT2D eigenvalue weighted by atomic mass is 11.2. The quantitative estimate of drug-likeness (QED) is 0.579. The summed E-state index contributed by atoms with van der Waals surface area (Å²) in [4.78, 5) is 0. The van der Waals surface area contributed by atoms with Crippen molar-refractivity contribution in [2.75, 3.05) is 70.5 Å². The van der Waals surface area contributed by atoms with Gasteiger partial charge in [-0.2, -0.15) is 0 Å². The predicted octanol–water partition coefficient (Wildman–Crippen LogP) is -0.968. The van der Waals surface area contributed by atoms with Gasteiger partial charge in [-0.1, -0.05) is 0 Å². The molecule has 0 rings (SSSR count). The molecule has 0 aromatic carbocycles. The average molecular weight is 278 g/mol. The molecule has 0 atom stereocenters. The molecule has 0 aliphatic carbocycles. The van der Waals surface area contributed by atoms with Gasteiger partial charge < -0.3 is 22.8 Å². The van der Waals surface area contributed by atoms with Crippen molar-refractivity contribution in [1.82, 2.24) is 22.8 Å². The Balaban J connectivity index is 5.70. The van der Waals surface area contributed by atoms with Gasteiger partial charge in [0.2, 0.25) is 8.64 Å². The molecule has 0 aromatic heterocycles. The van der Waals surface area contributed by atoms with Crippen molar-refractivity contribution in [3.63, 3.8) is 0 Å². The summed E-state index contributed by atoms with van der Waals surface area (Å²) in [5.41, 5.74) is 0. The summed E-state index contributed by atoms with van der Waals surface area (Å²) in [6.45, 7) is 0. The molecule has 0 N–H and O–H groups in total. The fourth-order valence-electron chi connectivity index (χ4n) is 3.05. The zero-order valence-corrected chi connectivity index (χ0v) is 15.5. The molecule has 0 saturated carbocycles. The molecule has 0 heterocycles. The second kappa shape index (κ2) is 6.41. The van der Waals surface area contributed by atoms with Crippen LogP contribution in [0.1, 0.15) is 0 Å². The first-order chi connectivity index (χ1) is 7.59. The molecule has 0 aromatic rings. The van der Waals surface area contributed by atoms with E-state index in [0.29, 0.717) is 0 Å². The van der Waals surface area contributed by atoms with Crippen molar-refractivity contribution < 1.29 is 0 Å². The summed E-state index contributed by atoms with van der Waals surface area (Å²) < 4.78 is 12.3. The van der Waals surface area contributed by atoms with Crippen LogP contribution in [0.2, 0.25) is 0 Å². The van der Waals surface area contributed by atoms with Crippen LogP contribution in [0.4, 0.5) is 0 Å². The average Bonchev–Trinajstić information content (AvgIpc) is 2.09. The molecule has 17 heavy (non-hydrogen) atoms. The second-order valence-electron chi connectivity index (χ2n) is 5.67. The van der Waals surface area contributed by atoms with Crippen LogP contribution in [0.25, 0.3) is 0 Å². The van der Waals surface area contributed by atoms with Crippen LogP contribution >= 0.6 is 0 Å². The predicted molar refractivity (Wildman–Crippen MR) is 81.3 cm³/mol. The van der Waals surface area contributed by atoms with Crippen molar-refractivity contribution in [2.24, 2.45) is 0 Å². The van der Waals surface area contributed by atoms with Gasteiger partial charge in [0.1, 0.15) is 0 Å². The second-order valence-corrected chi connectivity index (χ2v) is 16.4. The molecular weight excluding hydrogens is 246 g/mol. The maximum atomic E-state index is 2.46. The zero-order chi connectivity index (χ0) is 14.0. The summed E-state index contributed by atoms with van der Waals surface area (Å²) in [5, 5.41) is 0. The lowest BCUT2D eigenvalue weighted by Crippen LogP contribution is -2.84. The zero-order valence-electron chi connectivity index (χ0n) is 13.3. The van der Waals surface area contributed by atoms with Crippen LogP contribution < -0.4 is 0 Å². The van der Waals surface area contributed by atoms with Gasteiger partial charge in [0, 0.05) is 0 Å². The topological polar surface area (TPSA) is 16.2 Å². The molecule has 0 bridgehead atoms. The Bertz CT molecular complexity index is 201. The van der Waals surface area contributed by atoms with Gasteiger partial charge in [0.15, 0.2) is 0 Å². The summed E-state index contributed by atoms with van der Waals surface area (Å²) in [6.07, 6.45) is 0. The van der Waals surface area contributed by atoms with Crippen molar-refractivity contribution in [3.8, 4) is 0 Å². The van der Waals surface area contributed by atoms with E-state index in [4.69, 9.17) is 0 Å². The molecule has 0 amide bonds. The number of nitrogens with zero attached hydrogens (tertiary/aromatic N) is 5. The Kier molecular flexibility index (Phi) is 6.50. The normalized spacial score (nSPS) is 14.1. The molecule has 0 aliphatic rings. The molecule has 7 heteroatoms. The molecule has 0 saturated heterocycles. The van der Waals surface area contributed by atoms with E-state index < -0.39 is 16.7 Å². The lowest BCUT2D eigenvalue weighted by molar-refractivity contribution is 0.384. The summed E-state index contributed by atoms with van der Waals surface area (Å²) >= 11 is 0. The monoisotopic (exact) mass is 277 g/mol. The number of hydrogen-bond donors (Lipinski definition) is 0. The Morgan fingerprint density at radius 1 is 0.529 bits per heavy atom. The van der Waals surface area contributed by atoms with Crippen molar-refractivity contribution >= 4 is 16.7 Å². The Morgan fingerprint density at radius 3 is 0.824 bits per heavy atom. The minimum atomic E-state index is -1.79. The fraction of sp³-hybridized carbons (Fsp3) is 1.00. The van der Waals surface area contributed by atoms with E-state index in [1.54, 1.807) is 0 Å². The van der Waals surface area contributed by atoms with Crippen LogP contribution in [0.5, 0.6) is 0 Å². The van der Waals surface area contributed by atoms with E-state index in [9.17, 15) is 0 Å². The highest BCUT2D eigenvalue weighted by molar-refractivity contribution is 7.26. The maximum Gasteiger partial charge on any atom is 0.302 e. The first kappa shape index (κ1) is 17.2. The number of hydrogen-bond acceptors (Lipinski definition) is 5. The van der Waals surface area contributed by atoms with Gasteiger partial charge >= 0.3 is 8.08 Å². The third kappa shape index (κ3) is 3.17. The minimum Gasteiger partial charge on any atom is -0.319 e. The van der Waals surface area contributed by atoms with E-state index in [0.717, 1.165) is 0 Å². The van der Waals surface area contributed by atoms with E-state index in [-0.39, 0.29) is 0 Å². The highest BCUT2D eigenvalue weighted by atomic mass is 29.3. The molecule has 0 unspecified atom stereocenters. The molecule has 0 aliphatic heterocycles. The molecule has 0 fully saturated rings. The summed E-state index contributed by atoms with van der Waals surface area (Å²) in [5.74, 6) is 0. The highest BCUT2D eigenvalue weighted by Gasteiger charge is 2.53. The van der Waals surface area contributed by atoms with E-state index in [1.807, 2.05) is 0 Å². The smallest absolute Gasteiger partial charge is 0.302 e. The highest BCUT2D eigenvalue weighted by Crippen LogP contribution is 2.18. The van der Waals surface area contributed by atoms with Crippen LogP contribution in [0, 0.1) is 0 Å². The fourth-order valence-corrected chi connectivity index (χ4v) is 17.5. The number of rotatable bonds is 6. The largest absolute Gasteiger partial charge is 0.319 e. The van der Waals surface area contributed by atoms with E-state index >= 15 is 0 Å². The van der Waals surface area contributed by atoms with Gasteiger partial charge in [0.25, 0.3) is 0 Å². The first-order valence-corrected chi connectivity index (χ1v) is 10.6. The summed E-state index contributed by atoms with van der Waals surface area (Å²) in [7, 11) is 19.2. The van der Waals surface area contributed by atoms with E-state index in [1.165, 1.54) is 0 Å². The van der Waals surface area contributed by atoms with Gasteiger partial charge in [-0.25, -0.2) is 0 Å². The Hall–Kier alpha value is 0.234. The van der Waals surface area contributed by atoms with Gasteiger partial charge in [-0.15, -0.1) is 0 Å². The van der Waals surface area contributed by atoms with Crippen molar-refractivity contribution in [2.45, 2.75) is 0 Å². The third-order valence-corrected chi connectivity index (χ3v) is 19.7. The molecule has 5 nitrogen and oxygen atoms in total. The van der Waals surface area contributed by atoms with Gasteiger partial charge in [-0.3, -0.25) is 0 Å². The molecule has 0 radical (unpaired) electrons. The first-order valence-electron chi connectivity index (χ1n) is 5.95. The van der Waals surface area contributed by atoms with E-state index in [2.05, 4.69) is 93.3 Å². The Morgan fingerprint density at radius 2 is 0.765 bits per heavy atom. The van der Waals surface area contributed by atoms with Crippen LogP contribution in [-0.2, 0) is 0 Å².